The first kappa shape index (κ1) is 31.2. The topological polar surface area (TPSA) is 51.1 Å². The monoisotopic (exact) mass is 639 g/mol. The van der Waals surface area contributed by atoms with Gasteiger partial charge >= 0.3 is 0 Å². The van der Waals surface area contributed by atoms with E-state index in [-0.39, 0.29) is 0 Å². The molecule has 6 rings (SSSR count). The van der Waals surface area contributed by atoms with Gasteiger partial charge in [0, 0.05) is 87.2 Å². The molecule has 224 valence electrons. The first-order valence-electron chi connectivity index (χ1n) is 15.1. The van der Waals surface area contributed by atoms with E-state index in [1.165, 1.54) is 0 Å². The van der Waals surface area contributed by atoms with E-state index in [0.717, 1.165) is 104 Å². The summed E-state index contributed by atoms with van der Waals surface area (Å²) in [6, 6.07) is 29.0. The molecule has 8 heteroatoms. The Kier molecular flexibility index (Phi) is 11.6. The van der Waals surface area contributed by atoms with Gasteiger partial charge in [0.1, 0.15) is 0 Å². The number of aromatic nitrogens is 2. The van der Waals surface area contributed by atoms with E-state index in [0.29, 0.717) is 0 Å². The molecule has 0 atom stereocenters. The number of likely N-dealkylation sites (N-methyl/N-ethyl adjacent to an activating group) is 2. The van der Waals surface area contributed by atoms with Crippen molar-refractivity contribution >= 4 is 27.3 Å². The normalized spacial score (nSPS) is 16.7. The summed E-state index contributed by atoms with van der Waals surface area (Å²) < 4.78 is 1.05. The molecule has 4 heterocycles. The number of hydrogen-bond acceptors (Lipinski definition) is 7. The van der Waals surface area contributed by atoms with Crippen molar-refractivity contribution in [3.05, 3.63) is 124 Å². The highest BCUT2D eigenvalue weighted by molar-refractivity contribution is 9.10. The second-order valence-corrected chi connectivity index (χ2v) is 12.2. The number of nitrogens with zero attached hydrogens (tertiary/aromatic N) is 7. The number of piperazine rings is 2. The molecule has 0 radical (unpaired) electrons. The smallest absolute Gasteiger partial charge is 0.0820 e. The summed E-state index contributed by atoms with van der Waals surface area (Å²) in [5, 5.41) is 0. The number of halogens is 1. The number of hydrogen-bond donors (Lipinski definition) is 0. The zero-order valence-corrected chi connectivity index (χ0v) is 26.9. The SMILES string of the molecule is CN1CCN(Cc2ccc(Br)cn2)CC1.CN1CCN(Cc2ccc(N=C(c3ccccc3)c3ccccc3)cn2)CC1. The summed E-state index contributed by atoms with van der Waals surface area (Å²) in [6.45, 7) is 11.0. The second kappa shape index (κ2) is 16.0. The fourth-order valence-electron chi connectivity index (χ4n) is 5.16. The van der Waals surface area contributed by atoms with Crippen LogP contribution in [0.4, 0.5) is 5.69 Å². The summed E-state index contributed by atoms with van der Waals surface area (Å²) in [4.78, 5) is 23.6. The number of aliphatic imine (C=N–C) groups is 1. The third-order valence-electron chi connectivity index (χ3n) is 7.90. The Hall–Kier alpha value is -3.27. The lowest BCUT2D eigenvalue weighted by Crippen LogP contribution is -2.43. The Balaban J connectivity index is 0.000000207. The molecule has 0 saturated carbocycles. The van der Waals surface area contributed by atoms with Gasteiger partial charge in [-0.05, 0) is 54.3 Å². The van der Waals surface area contributed by atoms with Gasteiger partial charge in [0.15, 0.2) is 0 Å². The van der Waals surface area contributed by atoms with E-state index in [2.05, 4.69) is 108 Å². The Morgan fingerprint density at radius 3 is 1.49 bits per heavy atom. The van der Waals surface area contributed by atoms with E-state index in [1.807, 2.05) is 48.8 Å². The summed E-state index contributed by atoms with van der Waals surface area (Å²) in [7, 11) is 4.36. The molecular formula is C35H42BrN7. The van der Waals surface area contributed by atoms with E-state index in [4.69, 9.17) is 4.99 Å². The standard InChI is InChI=1S/C24H26N4.C11H16BrN3/c1-27-14-16-28(17-15-27)19-23-13-12-22(18-25-23)26-24(20-8-4-2-5-9-20)21-10-6-3-7-11-21;1-14-4-6-15(7-5-14)9-11-3-2-10(12)8-13-11/h2-13,18H,14-17,19H2,1H3;2-3,8H,4-7,9H2,1H3. The van der Waals surface area contributed by atoms with E-state index in [9.17, 15) is 0 Å². The van der Waals surface area contributed by atoms with Crippen LogP contribution in [0.15, 0.2) is 107 Å². The van der Waals surface area contributed by atoms with Crippen LogP contribution in [0.2, 0.25) is 0 Å². The molecule has 43 heavy (non-hydrogen) atoms. The molecule has 4 aromatic rings. The molecule has 2 fully saturated rings. The Morgan fingerprint density at radius 1 is 0.605 bits per heavy atom. The van der Waals surface area contributed by atoms with Crippen LogP contribution in [-0.2, 0) is 13.1 Å². The molecule has 0 aliphatic carbocycles. The first-order chi connectivity index (χ1) is 21.0. The van der Waals surface area contributed by atoms with Gasteiger partial charge < -0.3 is 9.80 Å². The Morgan fingerprint density at radius 2 is 1.07 bits per heavy atom. The average Bonchev–Trinajstić information content (AvgIpc) is 3.05. The van der Waals surface area contributed by atoms with Crippen LogP contribution in [0.25, 0.3) is 0 Å². The van der Waals surface area contributed by atoms with Crippen molar-refractivity contribution in [2.75, 3.05) is 66.5 Å². The summed E-state index contributed by atoms with van der Waals surface area (Å²) in [5.74, 6) is 0. The van der Waals surface area contributed by atoms with Gasteiger partial charge in [0.25, 0.3) is 0 Å². The molecule has 2 saturated heterocycles. The quantitative estimate of drug-likeness (QED) is 0.246. The lowest BCUT2D eigenvalue weighted by atomic mass is 10.0. The Labute approximate surface area is 265 Å². The number of pyridine rings is 2. The molecule has 0 spiro atoms. The van der Waals surface area contributed by atoms with Gasteiger partial charge in [-0.1, -0.05) is 60.7 Å². The second-order valence-electron chi connectivity index (χ2n) is 11.3. The third kappa shape index (κ3) is 9.88. The van der Waals surface area contributed by atoms with Crippen LogP contribution in [0.1, 0.15) is 22.5 Å². The minimum Gasteiger partial charge on any atom is -0.304 e. The predicted molar refractivity (Wildman–Crippen MR) is 180 cm³/mol. The minimum absolute atomic E-state index is 0.879. The van der Waals surface area contributed by atoms with Crippen LogP contribution in [0.3, 0.4) is 0 Å². The fraction of sp³-hybridized carbons (Fsp3) is 0.343. The lowest BCUT2D eigenvalue weighted by Gasteiger charge is -2.32. The summed E-state index contributed by atoms with van der Waals surface area (Å²) in [5.41, 5.74) is 6.32. The largest absolute Gasteiger partial charge is 0.304 e. The third-order valence-corrected chi connectivity index (χ3v) is 8.37. The zero-order chi connectivity index (χ0) is 29.9. The highest BCUT2D eigenvalue weighted by Gasteiger charge is 2.15. The molecule has 0 unspecified atom stereocenters. The van der Waals surface area contributed by atoms with E-state index < -0.39 is 0 Å². The maximum Gasteiger partial charge on any atom is 0.0820 e. The van der Waals surface area contributed by atoms with Crippen LogP contribution in [0, 0.1) is 0 Å². The van der Waals surface area contributed by atoms with E-state index >= 15 is 0 Å². The highest BCUT2D eigenvalue weighted by atomic mass is 79.9. The van der Waals surface area contributed by atoms with Gasteiger partial charge in [0.05, 0.1) is 29.0 Å². The molecule has 0 bridgehead atoms. The van der Waals surface area contributed by atoms with Gasteiger partial charge in [-0.15, -0.1) is 0 Å². The van der Waals surface area contributed by atoms with Gasteiger partial charge in [-0.25, -0.2) is 4.99 Å². The van der Waals surface area contributed by atoms with Gasteiger partial charge in [-0.2, -0.15) is 0 Å². The van der Waals surface area contributed by atoms with Crippen LogP contribution in [0.5, 0.6) is 0 Å². The molecule has 2 aromatic heterocycles. The molecule has 0 N–H and O–H groups in total. The zero-order valence-electron chi connectivity index (χ0n) is 25.3. The maximum absolute atomic E-state index is 4.93. The van der Waals surface area contributed by atoms with Crippen LogP contribution >= 0.6 is 15.9 Å². The summed E-state index contributed by atoms with van der Waals surface area (Å²) >= 11 is 3.40. The minimum atomic E-state index is 0.879. The van der Waals surface area contributed by atoms with Crippen molar-refractivity contribution in [1.82, 2.24) is 29.6 Å². The molecule has 0 amide bonds. The van der Waals surface area contributed by atoms with Crippen LogP contribution in [-0.4, -0.2) is 102 Å². The van der Waals surface area contributed by atoms with Crippen LogP contribution < -0.4 is 0 Å². The van der Waals surface area contributed by atoms with Gasteiger partial charge in [-0.3, -0.25) is 19.8 Å². The summed E-state index contributed by atoms with van der Waals surface area (Å²) in [6.07, 6.45) is 3.75. The van der Waals surface area contributed by atoms with Gasteiger partial charge in [0.2, 0.25) is 0 Å². The number of rotatable bonds is 7. The average molecular weight is 641 g/mol. The molecular weight excluding hydrogens is 598 g/mol. The molecule has 2 aliphatic rings. The molecule has 2 aromatic carbocycles. The molecule has 2 aliphatic heterocycles. The fourth-order valence-corrected chi connectivity index (χ4v) is 5.40. The maximum atomic E-state index is 4.93. The number of benzene rings is 2. The van der Waals surface area contributed by atoms with Crippen molar-refractivity contribution in [1.29, 1.82) is 0 Å². The van der Waals surface area contributed by atoms with Crippen molar-refractivity contribution in [3.8, 4) is 0 Å². The van der Waals surface area contributed by atoms with Crippen molar-refractivity contribution in [3.63, 3.8) is 0 Å². The Bertz CT molecular complexity index is 1360. The van der Waals surface area contributed by atoms with Crippen molar-refractivity contribution in [2.24, 2.45) is 4.99 Å². The first-order valence-corrected chi connectivity index (χ1v) is 15.9. The molecule has 7 nitrogen and oxygen atoms in total. The lowest BCUT2D eigenvalue weighted by molar-refractivity contribution is 0.147. The van der Waals surface area contributed by atoms with E-state index in [1.54, 1.807) is 0 Å². The van der Waals surface area contributed by atoms with Crippen molar-refractivity contribution < 1.29 is 0 Å². The van der Waals surface area contributed by atoms with Crippen molar-refractivity contribution in [2.45, 2.75) is 13.1 Å². The predicted octanol–water partition coefficient (Wildman–Crippen LogP) is 5.59. The highest BCUT2D eigenvalue weighted by Crippen LogP contribution is 2.19.